The lowest BCUT2D eigenvalue weighted by molar-refractivity contribution is 0.102. The molecule has 0 spiro atoms. The van der Waals surface area contributed by atoms with Crippen molar-refractivity contribution in [2.24, 2.45) is 0 Å². The third-order valence-electron chi connectivity index (χ3n) is 2.54. The van der Waals surface area contributed by atoms with E-state index in [1.165, 1.54) is 43.5 Å². The van der Waals surface area contributed by atoms with Crippen LogP contribution in [-0.4, -0.2) is 18.1 Å². The number of hydrogen-bond acceptors (Lipinski definition) is 3. The van der Waals surface area contributed by atoms with Crippen LogP contribution in [0, 0.1) is 5.82 Å². The van der Waals surface area contributed by atoms with Gasteiger partial charge in [0.2, 0.25) is 0 Å². The van der Waals surface area contributed by atoms with Gasteiger partial charge in [0.15, 0.2) is 11.5 Å². The minimum Gasteiger partial charge on any atom is -0.504 e. The molecule has 0 saturated carbocycles. The first kappa shape index (κ1) is 12.9. The van der Waals surface area contributed by atoms with E-state index in [0.717, 1.165) is 0 Å². The smallest absolute Gasteiger partial charge is 0.255 e. The first-order valence-corrected chi connectivity index (χ1v) is 5.54. The Morgan fingerprint density at radius 3 is 2.47 bits per heavy atom. The molecule has 0 aromatic heterocycles. The van der Waals surface area contributed by atoms with Crippen LogP contribution in [-0.2, 0) is 0 Å². The van der Waals surface area contributed by atoms with Gasteiger partial charge < -0.3 is 15.2 Å². The molecule has 0 radical (unpaired) electrons. The van der Waals surface area contributed by atoms with Crippen molar-refractivity contribution in [1.82, 2.24) is 0 Å². The fraction of sp³-hybridized carbons (Fsp3) is 0.0714. The molecule has 0 saturated heterocycles. The van der Waals surface area contributed by atoms with Crippen molar-refractivity contribution in [3.63, 3.8) is 0 Å². The van der Waals surface area contributed by atoms with Crippen LogP contribution >= 0.6 is 0 Å². The number of benzene rings is 2. The number of aromatic hydroxyl groups is 1. The SMILES string of the molecule is COc1ccc(NC(=O)c2ccc(F)cc2)cc1O. The molecule has 4 nitrogen and oxygen atoms in total. The van der Waals surface area contributed by atoms with E-state index >= 15 is 0 Å². The van der Waals surface area contributed by atoms with Gasteiger partial charge >= 0.3 is 0 Å². The lowest BCUT2D eigenvalue weighted by atomic mass is 10.2. The molecule has 0 bridgehead atoms. The molecule has 0 unspecified atom stereocenters. The summed E-state index contributed by atoms with van der Waals surface area (Å²) in [4.78, 5) is 11.8. The number of phenols is 1. The molecule has 0 aliphatic heterocycles. The molecular weight excluding hydrogens is 249 g/mol. The topological polar surface area (TPSA) is 58.6 Å². The number of methoxy groups -OCH3 is 1. The maximum atomic E-state index is 12.7. The highest BCUT2D eigenvalue weighted by Gasteiger charge is 2.08. The number of amides is 1. The number of nitrogens with one attached hydrogen (secondary N) is 1. The van der Waals surface area contributed by atoms with E-state index in [2.05, 4.69) is 5.32 Å². The molecule has 0 fully saturated rings. The minimum absolute atomic E-state index is 0.0700. The molecule has 2 N–H and O–H groups in total. The van der Waals surface area contributed by atoms with E-state index < -0.39 is 5.82 Å². The van der Waals surface area contributed by atoms with Gasteiger partial charge in [0.05, 0.1) is 7.11 Å². The highest BCUT2D eigenvalue weighted by molar-refractivity contribution is 6.04. The van der Waals surface area contributed by atoms with Crippen LogP contribution in [0.2, 0.25) is 0 Å². The summed E-state index contributed by atoms with van der Waals surface area (Å²) in [6, 6.07) is 9.69. The molecular formula is C14H12FNO3. The van der Waals surface area contributed by atoms with E-state index in [1.807, 2.05) is 0 Å². The fourth-order valence-corrected chi connectivity index (χ4v) is 1.57. The molecule has 1 amide bonds. The second kappa shape index (κ2) is 5.39. The Balaban J connectivity index is 2.14. The van der Waals surface area contributed by atoms with Crippen molar-refractivity contribution in [2.75, 3.05) is 12.4 Å². The van der Waals surface area contributed by atoms with E-state index in [1.54, 1.807) is 6.07 Å². The Hall–Kier alpha value is -2.56. The third kappa shape index (κ3) is 3.01. The zero-order chi connectivity index (χ0) is 13.8. The van der Waals surface area contributed by atoms with E-state index in [9.17, 15) is 14.3 Å². The first-order chi connectivity index (χ1) is 9.10. The number of rotatable bonds is 3. The second-order valence-electron chi connectivity index (χ2n) is 3.85. The molecule has 0 atom stereocenters. The lowest BCUT2D eigenvalue weighted by Gasteiger charge is -2.08. The molecule has 2 aromatic carbocycles. The van der Waals surface area contributed by atoms with Crippen molar-refractivity contribution in [2.45, 2.75) is 0 Å². The highest BCUT2D eigenvalue weighted by atomic mass is 19.1. The van der Waals surface area contributed by atoms with Gasteiger partial charge in [0.1, 0.15) is 5.82 Å². The Kier molecular flexibility index (Phi) is 3.66. The summed E-state index contributed by atoms with van der Waals surface area (Å²) in [5.41, 5.74) is 0.754. The number of carbonyl (C=O) groups is 1. The van der Waals surface area contributed by atoms with Gasteiger partial charge in [-0.25, -0.2) is 4.39 Å². The Morgan fingerprint density at radius 1 is 1.21 bits per heavy atom. The summed E-state index contributed by atoms with van der Waals surface area (Å²) in [5.74, 6) is -0.539. The number of anilines is 1. The molecule has 0 aliphatic carbocycles. The van der Waals surface area contributed by atoms with E-state index in [-0.39, 0.29) is 11.7 Å². The summed E-state index contributed by atoms with van der Waals surface area (Å²) in [5, 5.41) is 12.2. The normalized spacial score (nSPS) is 10.0. The minimum atomic E-state index is -0.404. The second-order valence-corrected chi connectivity index (χ2v) is 3.85. The Labute approximate surface area is 109 Å². The summed E-state index contributed by atoms with van der Waals surface area (Å²) in [6.45, 7) is 0. The average Bonchev–Trinajstić information content (AvgIpc) is 2.39. The van der Waals surface area contributed by atoms with Gasteiger partial charge in [-0.15, -0.1) is 0 Å². The van der Waals surface area contributed by atoms with Gasteiger partial charge in [-0.1, -0.05) is 0 Å². The number of carbonyl (C=O) groups excluding carboxylic acids is 1. The van der Waals surface area contributed by atoms with E-state index in [4.69, 9.17) is 4.74 Å². The van der Waals surface area contributed by atoms with Crippen molar-refractivity contribution >= 4 is 11.6 Å². The standard InChI is InChI=1S/C14H12FNO3/c1-19-13-7-6-11(8-12(13)17)16-14(18)9-2-4-10(15)5-3-9/h2-8,17H,1H3,(H,16,18). The summed E-state index contributed by atoms with van der Waals surface area (Å²) in [7, 11) is 1.44. The number of phenolic OH excluding ortho intramolecular Hbond substituents is 1. The van der Waals surface area contributed by atoms with E-state index in [0.29, 0.717) is 17.0 Å². The lowest BCUT2D eigenvalue weighted by Crippen LogP contribution is -2.11. The molecule has 0 heterocycles. The maximum Gasteiger partial charge on any atom is 0.255 e. The van der Waals surface area contributed by atoms with Crippen LogP contribution in [0.4, 0.5) is 10.1 Å². The van der Waals surface area contributed by atoms with Crippen LogP contribution in [0.5, 0.6) is 11.5 Å². The Bertz CT molecular complexity index is 596. The van der Waals surface area contributed by atoms with Gasteiger partial charge in [-0.3, -0.25) is 4.79 Å². The summed E-state index contributed by atoms with van der Waals surface area (Å²) < 4.78 is 17.6. The molecule has 2 aromatic rings. The number of hydrogen-bond donors (Lipinski definition) is 2. The predicted octanol–water partition coefficient (Wildman–Crippen LogP) is 2.79. The van der Waals surface area contributed by atoms with Crippen LogP contribution < -0.4 is 10.1 Å². The summed E-state index contributed by atoms with van der Waals surface area (Å²) in [6.07, 6.45) is 0. The monoisotopic (exact) mass is 261 g/mol. The van der Waals surface area contributed by atoms with Gasteiger partial charge in [0.25, 0.3) is 5.91 Å². The van der Waals surface area contributed by atoms with Crippen LogP contribution in [0.25, 0.3) is 0 Å². The van der Waals surface area contributed by atoms with Crippen molar-refractivity contribution in [1.29, 1.82) is 0 Å². The molecule has 2 rings (SSSR count). The predicted molar refractivity (Wildman–Crippen MR) is 69.0 cm³/mol. The molecule has 98 valence electrons. The molecule has 19 heavy (non-hydrogen) atoms. The zero-order valence-electron chi connectivity index (χ0n) is 10.2. The number of halogens is 1. The molecule has 0 aliphatic rings. The molecule has 5 heteroatoms. The average molecular weight is 261 g/mol. The van der Waals surface area contributed by atoms with Crippen molar-refractivity contribution in [3.8, 4) is 11.5 Å². The van der Waals surface area contributed by atoms with Gasteiger partial charge in [-0.2, -0.15) is 0 Å². The highest BCUT2D eigenvalue weighted by Crippen LogP contribution is 2.28. The van der Waals surface area contributed by atoms with Crippen LogP contribution in [0.1, 0.15) is 10.4 Å². The quantitative estimate of drug-likeness (QED) is 0.893. The zero-order valence-corrected chi connectivity index (χ0v) is 10.2. The number of ether oxygens (including phenoxy) is 1. The third-order valence-corrected chi connectivity index (χ3v) is 2.54. The van der Waals surface area contributed by atoms with Gasteiger partial charge in [0, 0.05) is 17.3 Å². The fourth-order valence-electron chi connectivity index (χ4n) is 1.57. The first-order valence-electron chi connectivity index (χ1n) is 5.54. The van der Waals surface area contributed by atoms with Crippen LogP contribution in [0.3, 0.4) is 0 Å². The van der Waals surface area contributed by atoms with Crippen molar-refractivity contribution in [3.05, 3.63) is 53.8 Å². The van der Waals surface area contributed by atoms with Crippen molar-refractivity contribution < 1.29 is 19.0 Å². The Morgan fingerprint density at radius 2 is 1.89 bits per heavy atom. The largest absolute Gasteiger partial charge is 0.504 e. The maximum absolute atomic E-state index is 12.7. The van der Waals surface area contributed by atoms with Crippen LogP contribution in [0.15, 0.2) is 42.5 Å². The summed E-state index contributed by atoms with van der Waals surface area (Å²) >= 11 is 0. The van der Waals surface area contributed by atoms with Gasteiger partial charge in [-0.05, 0) is 36.4 Å².